The van der Waals surface area contributed by atoms with Crippen molar-refractivity contribution in [2.24, 2.45) is 11.8 Å². The highest BCUT2D eigenvalue weighted by molar-refractivity contribution is 4.78. The summed E-state index contributed by atoms with van der Waals surface area (Å²) in [5.41, 5.74) is 0. The molecule has 3 nitrogen and oxygen atoms in total. The highest BCUT2D eigenvalue weighted by Gasteiger charge is 2.22. The van der Waals surface area contributed by atoms with Crippen LogP contribution in [0.1, 0.15) is 65.2 Å². The smallest absolute Gasteiger partial charge is 0.0809 e. The van der Waals surface area contributed by atoms with Gasteiger partial charge in [0.05, 0.1) is 12.7 Å². The van der Waals surface area contributed by atoms with Crippen molar-refractivity contribution >= 4 is 0 Å². The van der Waals surface area contributed by atoms with E-state index in [-0.39, 0.29) is 0 Å². The van der Waals surface area contributed by atoms with Crippen LogP contribution >= 0.6 is 0 Å². The van der Waals surface area contributed by atoms with Gasteiger partial charge in [0.2, 0.25) is 0 Å². The van der Waals surface area contributed by atoms with Gasteiger partial charge in [-0.05, 0) is 56.9 Å². The molecule has 21 heavy (non-hydrogen) atoms. The molecule has 1 N–H and O–H groups in total. The third-order valence-electron chi connectivity index (χ3n) is 4.81. The van der Waals surface area contributed by atoms with Gasteiger partial charge < -0.3 is 14.8 Å². The maximum absolute atomic E-state index is 5.72. The molecule has 0 spiro atoms. The molecule has 3 heteroatoms. The Balaban J connectivity index is 1.46. The van der Waals surface area contributed by atoms with E-state index in [1.807, 2.05) is 0 Å². The first-order valence-electron chi connectivity index (χ1n) is 9.16. The molecule has 0 radical (unpaired) electrons. The van der Waals surface area contributed by atoms with Crippen molar-refractivity contribution in [2.75, 3.05) is 26.4 Å². The molecule has 3 unspecified atom stereocenters. The number of nitrogens with one attached hydrogen (secondary N) is 1. The molecule has 2 aliphatic rings. The van der Waals surface area contributed by atoms with E-state index in [2.05, 4.69) is 19.2 Å². The molecule has 1 saturated carbocycles. The Labute approximate surface area is 131 Å². The molecule has 0 aromatic heterocycles. The van der Waals surface area contributed by atoms with Gasteiger partial charge in [-0.15, -0.1) is 0 Å². The quantitative estimate of drug-likeness (QED) is 0.657. The summed E-state index contributed by atoms with van der Waals surface area (Å²) < 4.78 is 11.3. The van der Waals surface area contributed by atoms with Gasteiger partial charge in [-0.2, -0.15) is 0 Å². The maximum Gasteiger partial charge on any atom is 0.0809 e. The van der Waals surface area contributed by atoms with E-state index in [0.717, 1.165) is 50.7 Å². The predicted molar refractivity (Wildman–Crippen MR) is 87.6 cm³/mol. The average Bonchev–Trinajstić information content (AvgIpc) is 2.95. The Kier molecular flexibility index (Phi) is 8.05. The summed E-state index contributed by atoms with van der Waals surface area (Å²) in [4.78, 5) is 0. The lowest BCUT2D eigenvalue weighted by atomic mass is 9.81. The van der Waals surface area contributed by atoms with E-state index in [0.29, 0.717) is 6.10 Å². The molecule has 1 heterocycles. The fourth-order valence-electron chi connectivity index (χ4n) is 3.83. The van der Waals surface area contributed by atoms with E-state index < -0.39 is 0 Å². The Morgan fingerprint density at radius 2 is 2.10 bits per heavy atom. The second-order valence-corrected chi connectivity index (χ2v) is 7.38. The van der Waals surface area contributed by atoms with Crippen LogP contribution in [0.2, 0.25) is 0 Å². The first-order chi connectivity index (χ1) is 10.2. The van der Waals surface area contributed by atoms with Gasteiger partial charge in [0.25, 0.3) is 0 Å². The minimum Gasteiger partial charge on any atom is -0.379 e. The highest BCUT2D eigenvalue weighted by atomic mass is 16.5. The van der Waals surface area contributed by atoms with Crippen LogP contribution in [0.5, 0.6) is 0 Å². The monoisotopic (exact) mass is 297 g/mol. The third kappa shape index (κ3) is 7.12. The van der Waals surface area contributed by atoms with Crippen LogP contribution in [0.25, 0.3) is 0 Å². The van der Waals surface area contributed by atoms with Crippen molar-refractivity contribution in [2.45, 2.75) is 77.4 Å². The third-order valence-corrected chi connectivity index (χ3v) is 4.81. The van der Waals surface area contributed by atoms with E-state index in [4.69, 9.17) is 9.47 Å². The Bertz CT molecular complexity index is 264. The molecule has 1 aliphatic heterocycles. The normalized spacial score (nSPS) is 30.1. The van der Waals surface area contributed by atoms with Gasteiger partial charge in [-0.25, -0.2) is 0 Å². The Morgan fingerprint density at radius 3 is 2.86 bits per heavy atom. The van der Waals surface area contributed by atoms with E-state index in [1.54, 1.807) is 0 Å². The second kappa shape index (κ2) is 9.81. The van der Waals surface area contributed by atoms with Gasteiger partial charge >= 0.3 is 0 Å². The molecule has 0 aromatic carbocycles. The summed E-state index contributed by atoms with van der Waals surface area (Å²) in [6.45, 7) is 8.39. The molecule has 1 saturated heterocycles. The van der Waals surface area contributed by atoms with Gasteiger partial charge in [0.15, 0.2) is 0 Å². The molecular weight excluding hydrogens is 262 g/mol. The first-order valence-corrected chi connectivity index (χ1v) is 9.16. The minimum atomic E-state index is 0.369. The van der Waals surface area contributed by atoms with Crippen LogP contribution in [0, 0.1) is 11.8 Å². The van der Waals surface area contributed by atoms with Crippen LogP contribution in [-0.4, -0.2) is 38.5 Å². The van der Waals surface area contributed by atoms with Crippen molar-refractivity contribution in [1.82, 2.24) is 5.32 Å². The van der Waals surface area contributed by atoms with Gasteiger partial charge in [-0.1, -0.05) is 26.7 Å². The van der Waals surface area contributed by atoms with Crippen molar-refractivity contribution < 1.29 is 9.47 Å². The highest BCUT2D eigenvalue weighted by Crippen LogP contribution is 2.29. The number of ether oxygens (including phenoxy) is 2. The van der Waals surface area contributed by atoms with Crippen molar-refractivity contribution in [3.05, 3.63) is 0 Å². The van der Waals surface area contributed by atoms with Crippen LogP contribution in [0.4, 0.5) is 0 Å². The summed E-state index contributed by atoms with van der Waals surface area (Å²) in [5.74, 6) is 1.80. The average molecular weight is 297 g/mol. The van der Waals surface area contributed by atoms with Crippen molar-refractivity contribution in [3.8, 4) is 0 Å². The van der Waals surface area contributed by atoms with Crippen LogP contribution in [0.15, 0.2) is 0 Å². The Hall–Kier alpha value is -0.120. The zero-order valence-electron chi connectivity index (χ0n) is 14.1. The maximum atomic E-state index is 5.72. The zero-order valence-corrected chi connectivity index (χ0v) is 14.1. The molecule has 3 atom stereocenters. The molecule has 0 aromatic rings. The lowest BCUT2D eigenvalue weighted by Gasteiger charge is -2.31. The van der Waals surface area contributed by atoms with Crippen LogP contribution in [-0.2, 0) is 9.47 Å². The lowest BCUT2D eigenvalue weighted by molar-refractivity contribution is 0.0164. The largest absolute Gasteiger partial charge is 0.379 e. The molecule has 2 fully saturated rings. The fraction of sp³-hybridized carbons (Fsp3) is 1.00. The fourth-order valence-corrected chi connectivity index (χ4v) is 3.83. The van der Waals surface area contributed by atoms with Crippen LogP contribution < -0.4 is 5.32 Å². The van der Waals surface area contributed by atoms with Gasteiger partial charge in [-0.3, -0.25) is 0 Å². The van der Waals surface area contributed by atoms with Crippen LogP contribution in [0.3, 0.4) is 0 Å². The predicted octanol–water partition coefficient (Wildman–Crippen LogP) is 3.77. The minimum absolute atomic E-state index is 0.369. The SMILES string of the molecule is CC(C)CC1CCCC(NCCCOCC2CCCO2)C1. The summed E-state index contributed by atoms with van der Waals surface area (Å²) in [7, 11) is 0. The first kappa shape index (κ1) is 17.2. The summed E-state index contributed by atoms with van der Waals surface area (Å²) in [6.07, 6.45) is 10.9. The Morgan fingerprint density at radius 1 is 1.19 bits per heavy atom. The standard InChI is InChI=1S/C18H35NO2/c1-15(2)12-16-6-3-7-17(13-16)19-9-5-10-20-14-18-8-4-11-21-18/h15-19H,3-14H2,1-2H3. The summed E-state index contributed by atoms with van der Waals surface area (Å²) >= 11 is 0. The van der Waals surface area contributed by atoms with E-state index in [1.165, 1.54) is 44.9 Å². The van der Waals surface area contributed by atoms with Crippen molar-refractivity contribution in [1.29, 1.82) is 0 Å². The molecule has 124 valence electrons. The summed E-state index contributed by atoms with van der Waals surface area (Å²) in [6, 6.07) is 0.751. The number of hydrogen-bond acceptors (Lipinski definition) is 3. The molecular formula is C18H35NO2. The summed E-state index contributed by atoms with van der Waals surface area (Å²) in [5, 5.41) is 3.74. The van der Waals surface area contributed by atoms with Gasteiger partial charge in [0, 0.05) is 19.3 Å². The zero-order chi connectivity index (χ0) is 14.9. The molecule has 2 rings (SSSR count). The number of rotatable bonds is 9. The second-order valence-electron chi connectivity index (χ2n) is 7.38. The molecule has 0 amide bonds. The topological polar surface area (TPSA) is 30.5 Å². The molecule has 1 aliphatic carbocycles. The van der Waals surface area contributed by atoms with Crippen molar-refractivity contribution in [3.63, 3.8) is 0 Å². The van der Waals surface area contributed by atoms with Gasteiger partial charge in [0.1, 0.15) is 0 Å². The molecule has 0 bridgehead atoms. The van der Waals surface area contributed by atoms with E-state index in [9.17, 15) is 0 Å². The number of hydrogen-bond donors (Lipinski definition) is 1. The van der Waals surface area contributed by atoms with E-state index >= 15 is 0 Å². The lowest BCUT2D eigenvalue weighted by Crippen LogP contribution is -2.35.